The van der Waals surface area contributed by atoms with E-state index in [1.165, 1.54) is 31.4 Å². The lowest BCUT2D eigenvalue weighted by atomic mass is 10.2. The minimum absolute atomic E-state index is 0.110. The van der Waals surface area contributed by atoms with Crippen LogP contribution < -0.4 is 13.7 Å². The monoisotopic (exact) mass is 388 g/mol. The van der Waals surface area contributed by atoms with E-state index in [1.807, 2.05) is 0 Å². The van der Waals surface area contributed by atoms with E-state index in [4.69, 9.17) is 8.92 Å². The number of hydrogen-bond donors (Lipinski definition) is 0. The van der Waals surface area contributed by atoms with Gasteiger partial charge in [0.05, 0.1) is 7.11 Å². The molecule has 0 bridgehead atoms. The zero-order valence-corrected chi connectivity index (χ0v) is 14.6. The van der Waals surface area contributed by atoms with Crippen molar-refractivity contribution in [1.82, 2.24) is 0 Å². The second kappa shape index (κ2) is 7.69. The van der Waals surface area contributed by atoms with Crippen molar-refractivity contribution in [3.63, 3.8) is 0 Å². The zero-order chi connectivity index (χ0) is 19.4. The molecule has 0 saturated heterocycles. The summed E-state index contributed by atoms with van der Waals surface area (Å²) >= 11 is 0. The molecule has 2 aromatic rings. The van der Waals surface area contributed by atoms with E-state index >= 15 is 0 Å². The van der Waals surface area contributed by atoms with Crippen LogP contribution in [0.3, 0.4) is 0 Å². The quantitative estimate of drug-likeness (QED) is 0.687. The molecule has 0 saturated carbocycles. The lowest BCUT2D eigenvalue weighted by Crippen LogP contribution is -2.20. The first-order chi connectivity index (χ1) is 12.2. The Morgan fingerprint density at radius 3 is 2.31 bits per heavy atom. The van der Waals surface area contributed by atoms with Gasteiger partial charge in [-0.3, -0.25) is 0 Å². The van der Waals surface area contributed by atoms with E-state index in [0.29, 0.717) is 0 Å². The third-order valence-corrected chi connectivity index (χ3v) is 4.37. The Balaban J connectivity index is 2.41. The molecule has 140 valence electrons. The predicted molar refractivity (Wildman–Crippen MR) is 88.6 cm³/mol. The highest BCUT2D eigenvalue weighted by Gasteiger charge is 2.34. The van der Waals surface area contributed by atoms with Gasteiger partial charge in [0.15, 0.2) is 17.2 Å². The molecule has 2 aromatic carbocycles. The number of hydrogen-bond acceptors (Lipinski definition) is 5. The number of methoxy groups -OCH3 is 1. The number of benzene rings is 2. The Hall–Kier alpha value is -2.68. The molecular formula is C17H15F3O5S. The molecule has 0 aliphatic rings. The Morgan fingerprint density at radius 2 is 1.69 bits per heavy atom. The number of para-hydroxylation sites is 1. The van der Waals surface area contributed by atoms with Crippen LogP contribution in [0.25, 0.3) is 6.08 Å². The van der Waals surface area contributed by atoms with Crippen molar-refractivity contribution in [2.24, 2.45) is 0 Å². The van der Waals surface area contributed by atoms with Crippen LogP contribution in [-0.2, 0) is 10.1 Å². The topological polar surface area (TPSA) is 61.8 Å². The second-order valence-corrected chi connectivity index (χ2v) is 6.46. The van der Waals surface area contributed by atoms with Crippen molar-refractivity contribution < 1.29 is 35.2 Å². The van der Waals surface area contributed by atoms with Crippen molar-refractivity contribution in [3.8, 4) is 17.2 Å². The van der Waals surface area contributed by atoms with Crippen molar-refractivity contribution in [3.05, 3.63) is 54.1 Å². The summed E-state index contributed by atoms with van der Waals surface area (Å²) in [5.41, 5.74) is 0.731. The van der Waals surface area contributed by atoms with Gasteiger partial charge in [0.1, 0.15) is 4.90 Å². The van der Waals surface area contributed by atoms with Crippen LogP contribution in [0.2, 0.25) is 0 Å². The molecule has 0 radical (unpaired) electrons. The van der Waals surface area contributed by atoms with Crippen LogP contribution in [0.5, 0.6) is 17.2 Å². The minimum Gasteiger partial charge on any atom is -0.493 e. The zero-order valence-electron chi connectivity index (χ0n) is 13.8. The largest absolute Gasteiger partial charge is 0.573 e. The summed E-state index contributed by atoms with van der Waals surface area (Å²) < 4.78 is 76.2. The highest BCUT2D eigenvalue weighted by Crippen LogP contribution is 2.34. The molecule has 5 nitrogen and oxygen atoms in total. The van der Waals surface area contributed by atoms with Gasteiger partial charge in [-0.05, 0) is 36.8 Å². The summed E-state index contributed by atoms with van der Waals surface area (Å²) in [5, 5.41) is 0. The highest BCUT2D eigenvalue weighted by molar-refractivity contribution is 7.87. The number of halogens is 3. The van der Waals surface area contributed by atoms with Crippen LogP contribution in [0.1, 0.15) is 12.5 Å². The number of alkyl halides is 3. The normalized spacial score (nSPS) is 12.2. The standard InChI is InChI=1S/C17H15F3O5S/c1-3-6-12-9-10-13(15(11-12)23-2)25-26(21,22)16-8-5-4-7-14(16)24-17(18,19)20/h3-11H,1-2H3/b6-3+. The van der Waals surface area contributed by atoms with Crippen molar-refractivity contribution in [1.29, 1.82) is 0 Å². The van der Waals surface area contributed by atoms with E-state index in [-0.39, 0.29) is 11.5 Å². The molecular weight excluding hydrogens is 373 g/mol. The van der Waals surface area contributed by atoms with Gasteiger partial charge in [0.2, 0.25) is 0 Å². The van der Waals surface area contributed by atoms with Crippen molar-refractivity contribution in [2.75, 3.05) is 7.11 Å². The first kappa shape index (κ1) is 19.6. The number of allylic oxidation sites excluding steroid dienone is 1. The summed E-state index contributed by atoms with van der Waals surface area (Å²) in [6.45, 7) is 1.80. The number of rotatable bonds is 6. The average molecular weight is 388 g/mol. The van der Waals surface area contributed by atoms with Crippen LogP contribution >= 0.6 is 0 Å². The molecule has 0 aromatic heterocycles. The summed E-state index contributed by atoms with van der Waals surface area (Å²) in [7, 11) is -3.28. The van der Waals surface area contributed by atoms with Gasteiger partial charge < -0.3 is 13.7 Å². The highest BCUT2D eigenvalue weighted by atomic mass is 32.2. The average Bonchev–Trinajstić information content (AvgIpc) is 2.55. The van der Waals surface area contributed by atoms with E-state index in [1.54, 1.807) is 25.1 Å². The Labute approximate surface area is 148 Å². The Morgan fingerprint density at radius 1 is 1.00 bits per heavy atom. The maximum absolute atomic E-state index is 12.5. The molecule has 0 heterocycles. The molecule has 0 spiro atoms. The lowest BCUT2D eigenvalue weighted by Gasteiger charge is -2.15. The molecule has 2 rings (SSSR count). The third-order valence-electron chi connectivity index (χ3n) is 3.09. The van der Waals surface area contributed by atoms with Crippen LogP contribution in [-0.4, -0.2) is 21.9 Å². The van der Waals surface area contributed by atoms with E-state index in [9.17, 15) is 21.6 Å². The molecule has 0 fully saturated rings. The molecule has 0 aliphatic carbocycles. The molecule has 0 atom stereocenters. The maximum Gasteiger partial charge on any atom is 0.573 e. The third kappa shape index (κ3) is 4.92. The molecule has 0 amide bonds. The van der Waals surface area contributed by atoms with Crippen LogP contribution in [0, 0.1) is 0 Å². The maximum atomic E-state index is 12.5. The Kier molecular flexibility index (Phi) is 5.81. The van der Waals surface area contributed by atoms with Crippen LogP contribution in [0.4, 0.5) is 13.2 Å². The summed E-state index contributed by atoms with van der Waals surface area (Å²) in [4.78, 5) is -0.753. The second-order valence-electron chi connectivity index (χ2n) is 4.94. The minimum atomic E-state index is -5.04. The first-order valence-electron chi connectivity index (χ1n) is 7.26. The van der Waals surface area contributed by atoms with E-state index in [2.05, 4.69) is 4.74 Å². The van der Waals surface area contributed by atoms with Crippen LogP contribution in [0.15, 0.2) is 53.4 Å². The number of ether oxygens (including phenoxy) is 2. The van der Waals surface area contributed by atoms with Gasteiger partial charge in [-0.15, -0.1) is 13.2 Å². The molecule has 9 heteroatoms. The fourth-order valence-electron chi connectivity index (χ4n) is 2.08. The molecule has 0 N–H and O–H groups in total. The fourth-order valence-corrected chi connectivity index (χ4v) is 3.14. The molecule has 0 aliphatic heterocycles. The Bertz CT molecular complexity index is 905. The van der Waals surface area contributed by atoms with E-state index in [0.717, 1.165) is 17.7 Å². The molecule has 0 unspecified atom stereocenters. The SMILES string of the molecule is C/C=C/c1ccc(OS(=O)(=O)c2ccccc2OC(F)(F)F)c(OC)c1. The lowest BCUT2D eigenvalue weighted by molar-refractivity contribution is -0.275. The van der Waals surface area contributed by atoms with Gasteiger partial charge in [-0.25, -0.2) is 0 Å². The van der Waals surface area contributed by atoms with E-state index < -0.39 is 27.1 Å². The van der Waals surface area contributed by atoms with Gasteiger partial charge in [-0.1, -0.05) is 30.4 Å². The summed E-state index contributed by atoms with van der Waals surface area (Å²) in [5.74, 6) is -0.939. The van der Waals surface area contributed by atoms with Crippen molar-refractivity contribution >= 4 is 16.2 Å². The summed E-state index contributed by atoms with van der Waals surface area (Å²) in [6, 6.07) is 8.76. The van der Waals surface area contributed by atoms with Gasteiger partial charge in [-0.2, -0.15) is 8.42 Å². The first-order valence-corrected chi connectivity index (χ1v) is 8.67. The predicted octanol–water partition coefficient (Wildman–Crippen LogP) is 4.39. The van der Waals surface area contributed by atoms with Gasteiger partial charge in [0, 0.05) is 0 Å². The summed E-state index contributed by atoms with van der Waals surface area (Å²) in [6.07, 6.45) is -1.51. The van der Waals surface area contributed by atoms with Gasteiger partial charge >= 0.3 is 16.5 Å². The smallest absolute Gasteiger partial charge is 0.493 e. The van der Waals surface area contributed by atoms with Gasteiger partial charge in [0.25, 0.3) is 0 Å². The van der Waals surface area contributed by atoms with Crippen molar-refractivity contribution in [2.45, 2.75) is 18.2 Å². The fraction of sp³-hybridized carbons (Fsp3) is 0.176. The molecule has 26 heavy (non-hydrogen) atoms.